The average molecular weight is 299 g/mol. The Bertz CT molecular complexity index is 542. The molecule has 0 radical (unpaired) electrons. The topological polar surface area (TPSA) is 64.6 Å². The molecule has 108 valence electrons. The van der Waals surface area contributed by atoms with Crippen molar-refractivity contribution in [1.82, 2.24) is 4.72 Å². The van der Waals surface area contributed by atoms with E-state index < -0.39 is 27.6 Å². The Morgan fingerprint density at radius 2 is 1.84 bits per heavy atom. The molecule has 9 heteroatoms. The number of sulfonamides is 1. The van der Waals surface area contributed by atoms with E-state index in [9.17, 15) is 21.6 Å². The number of alkyl halides is 3. The van der Waals surface area contributed by atoms with Crippen molar-refractivity contribution in [2.75, 3.05) is 20.8 Å². The molecule has 0 fully saturated rings. The molecule has 0 amide bonds. The summed E-state index contributed by atoms with van der Waals surface area (Å²) in [7, 11) is -1.82. The number of benzene rings is 1. The first-order chi connectivity index (χ1) is 8.69. The molecule has 5 nitrogen and oxygen atoms in total. The van der Waals surface area contributed by atoms with E-state index in [0.29, 0.717) is 0 Å². The Kier molecular flexibility index (Phi) is 4.64. The summed E-state index contributed by atoms with van der Waals surface area (Å²) in [6.45, 7) is -1.66. The smallest absolute Gasteiger partial charge is 0.402 e. The van der Waals surface area contributed by atoms with E-state index in [1.165, 1.54) is 31.1 Å². The molecule has 0 saturated heterocycles. The Balaban J connectivity index is 3.12. The van der Waals surface area contributed by atoms with E-state index in [1.807, 2.05) is 0 Å². The molecule has 1 aromatic rings. The van der Waals surface area contributed by atoms with Gasteiger partial charge in [0.05, 0.1) is 14.2 Å². The second-order valence-electron chi connectivity index (χ2n) is 3.46. The van der Waals surface area contributed by atoms with E-state index in [1.54, 1.807) is 0 Å². The van der Waals surface area contributed by atoms with Gasteiger partial charge in [0.25, 0.3) is 0 Å². The number of hydrogen-bond donors (Lipinski definition) is 1. The monoisotopic (exact) mass is 299 g/mol. The second kappa shape index (κ2) is 5.66. The van der Waals surface area contributed by atoms with Crippen LogP contribution in [-0.4, -0.2) is 35.4 Å². The molecule has 0 aromatic heterocycles. The Morgan fingerprint density at radius 1 is 1.21 bits per heavy atom. The summed E-state index contributed by atoms with van der Waals surface area (Å²) in [5.41, 5.74) is 0. The zero-order valence-corrected chi connectivity index (χ0v) is 10.9. The van der Waals surface area contributed by atoms with E-state index in [0.717, 1.165) is 6.07 Å². The van der Waals surface area contributed by atoms with Crippen LogP contribution in [0.3, 0.4) is 0 Å². The Hall–Kier alpha value is -1.48. The van der Waals surface area contributed by atoms with Gasteiger partial charge in [-0.2, -0.15) is 13.2 Å². The molecule has 0 spiro atoms. The fourth-order valence-corrected chi connectivity index (χ4v) is 2.45. The minimum atomic E-state index is -4.64. The average Bonchev–Trinajstić information content (AvgIpc) is 2.35. The Labute approximate surface area is 108 Å². The molecule has 0 atom stereocenters. The summed E-state index contributed by atoms with van der Waals surface area (Å²) in [5.74, 6) is 0.114. The standard InChI is InChI=1S/C10H12F3NO4S/c1-17-7-3-4-8(18-2)9(5-7)19(15,16)14-6-10(11,12)13/h3-5,14H,6H2,1-2H3. The molecule has 0 heterocycles. The first-order valence-corrected chi connectivity index (χ1v) is 6.46. The third-order valence-corrected chi connectivity index (χ3v) is 3.55. The molecule has 0 aliphatic heterocycles. The quantitative estimate of drug-likeness (QED) is 0.896. The van der Waals surface area contributed by atoms with Gasteiger partial charge in [-0.1, -0.05) is 0 Å². The largest absolute Gasteiger partial charge is 0.497 e. The zero-order valence-electron chi connectivity index (χ0n) is 10.1. The van der Waals surface area contributed by atoms with Gasteiger partial charge in [0, 0.05) is 6.07 Å². The molecular formula is C10H12F3NO4S. The van der Waals surface area contributed by atoms with Gasteiger partial charge in [0.15, 0.2) is 0 Å². The summed E-state index contributed by atoms with van der Waals surface area (Å²) in [6.07, 6.45) is -4.64. The molecule has 0 unspecified atom stereocenters. The van der Waals surface area contributed by atoms with Crippen molar-refractivity contribution < 1.29 is 31.1 Å². The first-order valence-electron chi connectivity index (χ1n) is 4.98. The molecule has 0 aliphatic carbocycles. The van der Waals surface area contributed by atoms with Crippen LogP contribution < -0.4 is 14.2 Å². The fourth-order valence-electron chi connectivity index (χ4n) is 1.25. The fraction of sp³-hybridized carbons (Fsp3) is 0.400. The van der Waals surface area contributed by atoms with Crippen LogP contribution in [0.2, 0.25) is 0 Å². The summed E-state index contributed by atoms with van der Waals surface area (Å²) in [6, 6.07) is 3.81. The number of halogens is 3. The lowest BCUT2D eigenvalue weighted by Crippen LogP contribution is -2.33. The Morgan fingerprint density at radius 3 is 2.32 bits per heavy atom. The highest BCUT2D eigenvalue weighted by Crippen LogP contribution is 2.28. The third kappa shape index (κ3) is 4.28. The molecule has 1 rings (SSSR count). The lowest BCUT2D eigenvalue weighted by atomic mass is 10.3. The lowest BCUT2D eigenvalue weighted by Gasteiger charge is -2.13. The van der Waals surface area contributed by atoms with Gasteiger partial charge in [0.2, 0.25) is 10.0 Å². The van der Waals surface area contributed by atoms with Crippen molar-refractivity contribution in [1.29, 1.82) is 0 Å². The normalized spacial score (nSPS) is 12.3. The lowest BCUT2D eigenvalue weighted by molar-refractivity contribution is -0.121. The van der Waals surface area contributed by atoms with E-state index in [2.05, 4.69) is 0 Å². The van der Waals surface area contributed by atoms with Gasteiger partial charge >= 0.3 is 6.18 Å². The number of nitrogens with one attached hydrogen (secondary N) is 1. The minimum absolute atomic E-state index is 0.0736. The molecular weight excluding hydrogens is 287 g/mol. The summed E-state index contributed by atoms with van der Waals surface area (Å²) >= 11 is 0. The summed E-state index contributed by atoms with van der Waals surface area (Å²) in [4.78, 5) is -0.418. The van der Waals surface area contributed by atoms with Crippen molar-refractivity contribution in [3.63, 3.8) is 0 Å². The number of methoxy groups -OCH3 is 2. The maximum Gasteiger partial charge on any atom is 0.402 e. The summed E-state index contributed by atoms with van der Waals surface area (Å²) in [5, 5.41) is 0. The maximum absolute atomic E-state index is 12.0. The van der Waals surface area contributed by atoms with Crippen LogP contribution in [-0.2, 0) is 10.0 Å². The predicted octanol–water partition coefficient (Wildman–Crippen LogP) is 1.54. The predicted molar refractivity (Wildman–Crippen MR) is 60.8 cm³/mol. The molecule has 1 aromatic carbocycles. The highest BCUT2D eigenvalue weighted by Gasteiger charge is 2.31. The molecule has 19 heavy (non-hydrogen) atoms. The third-order valence-electron chi connectivity index (χ3n) is 2.12. The van der Waals surface area contributed by atoms with Crippen molar-refractivity contribution in [2.45, 2.75) is 11.1 Å². The van der Waals surface area contributed by atoms with Gasteiger partial charge in [-0.15, -0.1) is 0 Å². The van der Waals surface area contributed by atoms with Gasteiger partial charge in [-0.25, -0.2) is 13.1 Å². The van der Waals surface area contributed by atoms with Crippen molar-refractivity contribution in [2.24, 2.45) is 0 Å². The van der Waals surface area contributed by atoms with E-state index in [-0.39, 0.29) is 11.5 Å². The zero-order chi connectivity index (χ0) is 14.7. The first kappa shape index (κ1) is 15.6. The van der Waals surface area contributed by atoms with Gasteiger partial charge in [0.1, 0.15) is 22.9 Å². The number of ether oxygens (including phenoxy) is 2. The van der Waals surface area contributed by atoms with Gasteiger partial charge in [-0.05, 0) is 12.1 Å². The van der Waals surface area contributed by atoms with Crippen molar-refractivity contribution in [3.05, 3.63) is 18.2 Å². The van der Waals surface area contributed by atoms with Crippen LogP contribution >= 0.6 is 0 Å². The van der Waals surface area contributed by atoms with E-state index >= 15 is 0 Å². The van der Waals surface area contributed by atoms with Crippen LogP contribution in [0.15, 0.2) is 23.1 Å². The van der Waals surface area contributed by atoms with Crippen LogP contribution in [0.25, 0.3) is 0 Å². The van der Waals surface area contributed by atoms with Crippen LogP contribution in [0.4, 0.5) is 13.2 Å². The van der Waals surface area contributed by atoms with Crippen LogP contribution in [0.5, 0.6) is 11.5 Å². The molecule has 0 saturated carbocycles. The van der Waals surface area contributed by atoms with Gasteiger partial charge in [-0.3, -0.25) is 0 Å². The minimum Gasteiger partial charge on any atom is -0.497 e. The SMILES string of the molecule is COc1ccc(OC)c(S(=O)(=O)NCC(F)(F)F)c1. The van der Waals surface area contributed by atoms with Gasteiger partial charge < -0.3 is 9.47 Å². The van der Waals surface area contributed by atoms with Crippen LogP contribution in [0.1, 0.15) is 0 Å². The van der Waals surface area contributed by atoms with Crippen molar-refractivity contribution in [3.8, 4) is 11.5 Å². The maximum atomic E-state index is 12.0. The van der Waals surface area contributed by atoms with Crippen molar-refractivity contribution >= 4 is 10.0 Å². The summed E-state index contributed by atoms with van der Waals surface area (Å²) < 4.78 is 70.8. The molecule has 0 bridgehead atoms. The number of hydrogen-bond acceptors (Lipinski definition) is 4. The highest BCUT2D eigenvalue weighted by atomic mass is 32.2. The highest BCUT2D eigenvalue weighted by molar-refractivity contribution is 7.89. The van der Waals surface area contributed by atoms with E-state index in [4.69, 9.17) is 9.47 Å². The second-order valence-corrected chi connectivity index (χ2v) is 5.19. The number of rotatable bonds is 5. The molecule has 0 aliphatic rings. The molecule has 1 N–H and O–H groups in total. The van der Waals surface area contributed by atoms with Crippen LogP contribution in [0, 0.1) is 0 Å².